The number of carbonyl (C=O) groups is 1. The van der Waals surface area contributed by atoms with Crippen molar-refractivity contribution in [3.8, 4) is 5.75 Å². The number of nitrogens with one attached hydrogen (secondary N) is 1. The lowest BCUT2D eigenvalue weighted by molar-refractivity contribution is -0.126. The summed E-state index contributed by atoms with van der Waals surface area (Å²) in [5.41, 5.74) is 1.13. The largest absolute Gasteiger partial charge is 0.497 e. The van der Waals surface area contributed by atoms with Gasteiger partial charge >= 0.3 is 0 Å². The number of piperidine rings is 2. The Kier molecular flexibility index (Phi) is 7.19. The second-order valence-corrected chi connectivity index (χ2v) is 10.6. The van der Waals surface area contributed by atoms with Gasteiger partial charge in [-0.05, 0) is 74.2 Å². The van der Waals surface area contributed by atoms with E-state index in [1.807, 2.05) is 24.3 Å². The van der Waals surface area contributed by atoms with Crippen LogP contribution in [0.5, 0.6) is 5.75 Å². The SMILES string of the molecule is COc1ccc(N2CCC(NC(=O)C3CCCN(S(=O)(=O)c4ccc(F)cc4)C3)CC2)cc1. The molecular weight excluding hydrogens is 445 g/mol. The number of carbonyl (C=O) groups excluding carboxylic acids is 1. The van der Waals surface area contributed by atoms with Gasteiger partial charge in [0.2, 0.25) is 15.9 Å². The van der Waals surface area contributed by atoms with E-state index in [0.717, 1.165) is 49.5 Å². The molecule has 2 aromatic rings. The number of rotatable bonds is 6. The van der Waals surface area contributed by atoms with Crippen LogP contribution in [0.25, 0.3) is 0 Å². The van der Waals surface area contributed by atoms with Crippen molar-refractivity contribution in [3.63, 3.8) is 0 Å². The Morgan fingerprint density at radius 1 is 1.00 bits per heavy atom. The van der Waals surface area contributed by atoms with Crippen LogP contribution in [0.1, 0.15) is 25.7 Å². The van der Waals surface area contributed by atoms with Gasteiger partial charge in [-0.15, -0.1) is 0 Å². The van der Waals surface area contributed by atoms with Crippen molar-refractivity contribution in [1.82, 2.24) is 9.62 Å². The normalized spacial score (nSPS) is 20.4. The molecule has 2 aliphatic rings. The van der Waals surface area contributed by atoms with Crippen molar-refractivity contribution in [2.24, 2.45) is 5.92 Å². The van der Waals surface area contributed by atoms with Crippen LogP contribution in [0.3, 0.4) is 0 Å². The fraction of sp³-hybridized carbons (Fsp3) is 0.458. The van der Waals surface area contributed by atoms with Crippen LogP contribution in [-0.4, -0.2) is 58.0 Å². The Morgan fingerprint density at radius 2 is 1.67 bits per heavy atom. The van der Waals surface area contributed by atoms with E-state index in [-0.39, 0.29) is 29.3 Å². The summed E-state index contributed by atoms with van der Waals surface area (Å²) in [5, 5.41) is 3.14. The van der Waals surface area contributed by atoms with Crippen LogP contribution in [0.2, 0.25) is 0 Å². The van der Waals surface area contributed by atoms with Gasteiger partial charge in [-0.1, -0.05) is 0 Å². The molecule has 1 amide bonds. The number of methoxy groups -OCH3 is 1. The molecule has 2 heterocycles. The second kappa shape index (κ2) is 10.1. The van der Waals surface area contributed by atoms with Crippen molar-refractivity contribution in [2.45, 2.75) is 36.6 Å². The fourth-order valence-electron chi connectivity index (χ4n) is 4.52. The highest BCUT2D eigenvalue weighted by Gasteiger charge is 2.34. The molecule has 0 saturated carbocycles. The Morgan fingerprint density at radius 3 is 2.30 bits per heavy atom. The van der Waals surface area contributed by atoms with Crippen LogP contribution < -0.4 is 15.0 Å². The topological polar surface area (TPSA) is 79.0 Å². The number of ether oxygens (including phenoxy) is 1. The number of anilines is 1. The first kappa shape index (κ1) is 23.5. The summed E-state index contributed by atoms with van der Waals surface area (Å²) >= 11 is 0. The Hall–Kier alpha value is -2.65. The minimum atomic E-state index is -3.75. The summed E-state index contributed by atoms with van der Waals surface area (Å²) in [6.07, 6.45) is 2.95. The summed E-state index contributed by atoms with van der Waals surface area (Å²) < 4.78 is 45.6. The third-order valence-corrected chi connectivity index (χ3v) is 8.36. The van der Waals surface area contributed by atoms with Gasteiger partial charge < -0.3 is 15.0 Å². The number of nitrogens with zero attached hydrogens (tertiary/aromatic N) is 2. The first-order valence-corrected chi connectivity index (χ1v) is 12.8. The van der Waals surface area contributed by atoms with Gasteiger partial charge in [0.25, 0.3) is 0 Å². The number of benzene rings is 2. The summed E-state index contributed by atoms with van der Waals surface area (Å²) in [7, 11) is -2.10. The minimum absolute atomic E-state index is 0.0517. The van der Waals surface area contributed by atoms with E-state index >= 15 is 0 Å². The third-order valence-electron chi connectivity index (χ3n) is 6.49. The van der Waals surface area contributed by atoms with E-state index in [4.69, 9.17) is 4.74 Å². The first-order valence-electron chi connectivity index (χ1n) is 11.3. The first-order chi connectivity index (χ1) is 15.9. The molecule has 0 bridgehead atoms. The zero-order valence-corrected chi connectivity index (χ0v) is 19.6. The van der Waals surface area contributed by atoms with Gasteiger partial charge in [0.1, 0.15) is 11.6 Å². The second-order valence-electron chi connectivity index (χ2n) is 8.62. The van der Waals surface area contributed by atoms with Crippen LogP contribution >= 0.6 is 0 Å². The molecule has 178 valence electrons. The smallest absolute Gasteiger partial charge is 0.243 e. The molecule has 7 nitrogen and oxygen atoms in total. The Balaban J connectivity index is 1.31. The van der Waals surface area contributed by atoms with E-state index in [1.54, 1.807) is 7.11 Å². The highest BCUT2D eigenvalue weighted by molar-refractivity contribution is 7.89. The maximum absolute atomic E-state index is 13.2. The molecule has 0 spiro atoms. The molecule has 1 unspecified atom stereocenters. The number of amides is 1. The number of hydrogen-bond acceptors (Lipinski definition) is 5. The van der Waals surface area contributed by atoms with Crippen molar-refractivity contribution >= 4 is 21.6 Å². The quantitative estimate of drug-likeness (QED) is 0.695. The lowest BCUT2D eigenvalue weighted by Crippen LogP contribution is -2.50. The molecule has 0 radical (unpaired) electrons. The van der Waals surface area contributed by atoms with Gasteiger partial charge in [-0.3, -0.25) is 4.79 Å². The van der Waals surface area contributed by atoms with Crippen LogP contribution in [0.4, 0.5) is 10.1 Å². The summed E-state index contributed by atoms with van der Waals surface area (Å²) in [6.45, 7) is 2.19. The molecule has 1 N–H and O–H groups in total. The standard InChI is InChI=1S/C24H30FN3O4S/c1-32-22-8-6-21(7-9-22)27-15-12-20(13-16-27)26-24(29)18-3-2-14-28(17-18)33(30,31)23-10-4-19(25)5-11-23/h4-11,18,20H,2-3,12-17H2,1H3,(H,26,29). The van der Waals surface area contributed by atoms with Crippen molar-refractivity contribution in [2.75, 3.05) is 38.2 Å². The monoisotopic (exact) mass is 475 g/mol. The van der Waals surface area contributed by atoms with Gasteiger partial charge in [0.15, 0.2) is 0 Å². The summed E-state index contributed by atoms with van der Waals surface area (Å²) in [6, 6.07) is 12.9. The molecule has 4 rings (SSSR count). The van der Waals surface area contributed by atoms with Gasteiger partial charge in [-0.2, -0.15) is 4.31 Å². The molecule has 0 aliphatic carbocycles. The average Bonchev–Trinajstić information content (AvgIpc) is 2.85. The van der Waals surface area contributed by atoms with E-state index < -0.39 is 15.8 Å². The highest BCUT2D eigenvalue weighted by Crippen LogP contribution is 2.26. The lowest BCUT2D eigenvalue weighted by Gasteiger charge is -2.36. The molecule has 2 saturated heterocycles. The summed E-state index contributed by atoms with van der Waals surface area (Å²) in [4.78, 5) is 15.3. The number of sulfonamides is 1. The van der Waals surface area contributed by atoms with Crippen molar-refractivity contribution in [3.05, 3.63) is 54.3 Å². The highest BCUT2D eigenvalue weighted by atomic mass is 32.2. The Bertz CT molecular complexity index is 1050. The minimum Gasteiger partial charge on any atom is -0.497 e. The van der Waals surface area contributed by atoms with Gasteiger partial charge in [0.05, 0.1) is 17.9 Å². The third kappa shape index (κ3) is 5.47. The Labute approximate surface area is 194 Å². The molecule has 33 heavy (non-hydrogen) atoms. The van der Waals surface area contributed by atoms with Crippen LogP contribution in [0, 0.1) is 11.7 Å². The molecule has 9 heteroatoms. The van der Waals surface area contributed by atoms with Crippen LogP contribution in [-0.2, 0) is 14.8 Å². The van der Waals surface area contributed by atoms with E-state index in [9.17, 15) is 17.6 Å². The zero-order valence-electron chi connectivity index (χ0n) is 18.7. The number of halogens is 1. The number of hydrogen-bond donors (Lipinski definition) is 1. The van der Waals surface area contributed by atoms with Gasteiger partial charge in [-0.25, -0.2) is 12.8 Å². The van der Waals surface area contributed by atoms with E-state index in [0.29, 0.717) is 19.4 Å². The molecule has 1 atom stereocenters. The van der Waals surface area contributed by atoms with Crippen molar-refractivity contribution < 1.29 is 22.3 Å². The van der Waals surface area contributed by atoms with Crippen LogP contribution in [0.15, 0.2) is 53.4 Å². The predicted octanol–water partition coefficient (Wildman–Crippen LogP) is 3.02. The van der Waals surface area contributed by atoms with Gasteiger partial charge in [0, 0.05) is 37.9 Å². The molecule has 2 fully saturated rings. The maximum atomic E-state index is 13.2. The average molecular weight is 476 g/mol. The molecule has 2 aliphatic heterocycles. The zero-order chi connectivity index (χ0) is 23.4. The predicted molar refractivity (Wildman–Crippen MR) is 124 cm³/mol. The fourth-order valence-corrected chi connectivity index (χ4v) is 6.05. The maximum Gasteiger partial charge on any atom is 0.243 e. The van der Waals surface area contributed by atoms with Crippen molar-refractivity contribution in [1.29, 1.82) is 0 Å². The molecule has 2 aromatic carbocycles. The lowest BCUT2D eigenvalue weighted by atomic mass is 9.97. The summed E-state index contributed by atoms with van der Waals surface area (Å²) in [5.74, 6) is -0.128. The molecule has 0 aromatic heterocycles. The molecular formula is C24H30FN3O4S. The van der Waals surface area contributed by atoms with E-state index in [1.165, 1.54) is 16.4 Å². The van der Waals surface area contributed by atoms with E-state index in [2.05, 4.69) is 10.2 Å².